The number of nitrogens with one attached hydrogen (secondary N) is 2. The van der Waals surface area contributed by atoms with Crippen LogP contribution in [0.4, 0.5) is 4.79 Å². The van der Waals surface area contributed by atoms with Crippen molar-refractivity contribution in [2.75, 3.05) is 7.05 Å². The Bertz CT molecular complexity index is 164. The van der Waals surface area contributed by atoms with Gasteiger partial charge in [0.1, 0.15) is 6.29 Å². The van der Waals surface area contributed by atoms with Crippen molar-refractivity contribution in [3.8, 4) is 0 Å². The van der Waals surface area contributed by atoms with E-state index in [4.69, 9.17) is 0 Å². The maximum Gasteiger partial charge on any atom is 0.315 e. The summed E-state index contributed by atoms with van der Waals surface area (Å²) in [6, 6.07) is -0.314. The minimum atomic E-state index is -0.694. The lowest BCUT2D eigenvalue weighted by molar-refractivity contribution is -0.113. The molecule has 0 aromatic carbocycles. The fourth-order valence-corrected chi connectivity index (χ4v) is 0.912. The van der Waals surface area contributed by atoms with E-state index in [0.717, 1.165) is 6.29 Å². The molecule has 0 radical (unpaired) electrons. The Morgan fingerprint density at radius 1 is 1.42 bits per heavy atom. The maximum atomic E-state index is 10.9. The SMILES string of the molecule is CCC(C=O)(CC)NC(=O)NC. The van der Waals surface area contributed by atoms with Crippen molar-refractivity contribution < 1.29 is 9.59 Å². The number of urea groups is 1. The van der Waals surface area contributed by atoms with Gasteiger partial charge in [0.15, 0.2) is 0 Å². The van der Waals surface area contributed by atoms with Crippen LogP contribution in [0.25, 0.3) is 0 Å². The molecule has 0 fully saturated rings. The van der Waals surface area contributed by atoms with E-state index in [1.165, 1.54) is 7.05 Å². The summed E-state index contributed by atoms with van der Waals surface area (Å²) in [4.78, 5) is 21.6. The number of rotatable bonds is 4. The quantitative estimate of drug-likeness (QED) is 0.612. The molecule has 70 valence electrons. The Hall–Kier alpha value is -1.06. The third-order valence-corrected chi connectivity index (χ3v) is 2.08. The summed E-state index contributed by atoms with van der Waals surface area (Å²) >= 11 is 0. The third-order valence-electron chi connectivity index (χ3n) is 2.08. The Balaban J connectivity index is 4.29. The summed E-state index contributed by atoms with van der Waals surface area (Å²) < 4.78 is 0. The Kier molecular flexibility index (Phi) is 4.33. The van der Waals surface area contributed by atoms with Gasteiger partial charge in [0, 0.05) is 7.05 Å². The molecule has 0 bridgehead atoms. The Labute approximate surface area is 72.7 Å². The molecule has 0 aliphatic carbocycles. The maximum absolute atomic E-state index is 10.9. The van der Waals surface area contributed by atoms with E-state index < -0.39 is 5.54 Å². The monoisotopic (exact) mass is 172 g/mol. The van der Waals surface area contributed by atoms with Gasteiger partial charge in [0.25, 0.3) is 0 Å². The molecule has 0 saturated heterocycles. The van der Waals surface area contributed by atoms with Gasteiger partial charge in [0.2, 0.25) is 0 Å². The van der Waals surface area contributed by atoms with Crippen LogP contribution in [-0.4, -0.2) is 24.9 Å². The fourth-order valence-electron chi connectivity index (χ4n) is 0.912. The lowest BCUT2D eigenvalue weighted by atomic mass is 9.95. The first-order valence-electron chi connectivity index (χ1n) is 4.10. The van der Waals surface area contributed by atoms with E-state index in [2.05, 4.69) is 10.6 Å². The van der Waals surface area contributed by atoms with E-state index in [0.29, 0.717) is 12.8 Å². The van der Waals surface area contributed by atoms with E-state index in [1.54, 1.807) is 0 Å². The Morgan fingerprint density at radius 2 is 1.92 bits per heavy atom. The summed E-state index contributed by atoms with van der Waals surface area (Å²) in [5, 5.41) is 5.03. The van der Waals surface area contributed by atoms with E-state index >= 15 is 0 Å². The molecule has 0 aromatic heterocycles. The molecule has 0 aromatic rings. The van der Waals surface area contributed by atoms with Crippen molar-refractivity contribution in [3.63, 3.8) is 0 Å². The van der Waals surface area contributed by atoms with Gasteiger partial charge in [-0.2, -0.15) is 0 Å². The molecular formula is C8H16N2O2. The third kappa shape index (κ3) is 2.53. The molecular weight excluding hydrogens is 156 g/mol. The van der Waals surface area contributed by atoms with Gasteiger partial charge in [-0.05, 0) is 12.8 Å². The van der Waals surface area contributed by atoms with Crippen LogP contribution in [-0.2, 0) is 4.79 Å². The van der Waals surface area contributed by atoms with Gasteiger partial charge in [0.05, 0.1) is 5.54 Å². The highest BCUT2D eigenvalue weighted by molar-refractivity contribution is 5.80. The van der Waals surface area contributed by atoms with Crippen molar-refractivity contribution in [1.29, 1.82) is 0 Å². The van der Waals surface area contributed by atoms with Crippen LogP contribution in [0.3, 0.4) is 0 Å². The van der Waals surface area contributed by atoms with E-state index in [9.17, 15) is 9.59 Å². The van der Waals surface area contributed by atoms with Crippen LogP contribution in [0.15, 0.2) is 0 Å². The summed E-state index contributed by atoms with van der Waals surface area (Å²) in [6.45, 7) is 3.74. The predicted octanol–water partition coefficient (Wildman–Crippen LogP) is 0.673. The second-order valence-electron chi connectivity index (χ2n) is 2.69. The van der Waals surface area contributed by atoms with Crippen molar-refractivity contribution >= 4 is 12.3 Å². The van der Waals surface area contributed by atoms with Gasteiger partial charge in [-0.25, -0.2) is 4.79 Å². The first-order valence-corrected chi connectivity index (χ1v) is 4.10. The molecule has 0 rings (SSSR count). The fraction of sp³-hybridized carbons (Fsp3) is 0.750. The molecule has 0 spiro atoms. The average molecular weight is 172 g/mol. The highest BCUT2D eigenvalue weighted by Crippen LogP contribution is 2.10. The number of amides is 2. The number of carbonyl (C=O) groups excluding carboxylic acids is 2. The van der Waals surface area contributed by atoms with Crippen LogP contribution in [0, 0.1) is 0 Å². The summed E-state index contributed by atoms with van der Waals surface area (Å²) in [5.74, 6) is 0. The largest absolute Gasteiger partial charge is 0.341 e. The van der Waals surface area contributed by atoms with Crippen molar-refractivity contribution in [3.05, 3.63) is 0 Å². The van der Waals surface area contributed by atoms with Crippen molar-refractivity contribution in [2.24, 2.45) is 0 Å². The zero-order chi connectivity index (χ0) is 9.61. The molecule has 0 unspecified atom stereocenters. The zero-order valence-corrected chi connectivity index (χ0v) is 7.81. The smallest absolute Gasteiger partial charge is 0.315 e. The number of hydrogen-bond donors (Lipinski definition) is 2. The lowest BCUT2D eigenvalue weighted by Gasteiger charge is -2.25. The molecule has 0 heterocycles. The lowest BCUT2D eigenvalue weighted by Crippen LogP contribution is -2.51. The first-order chi connectivity index (χ1) is 5.64. The standard InChI is InChI=1S/C8H16N2O2/c1-4-8(5-2,6-11)10-7(12)9-3/h6H,4-5H2,1-3H3,(H2,9,10,12). The van der Waals surface area contributed by atoms with Crippen LogP contribution >= 0.6 is 0 Å². The second kappa shape index (κ2) is 4.74. The van der Waals surface area contributed by atoms with Gasteiger partial charge in [-0.1, -0.05) is 13.8 Å². The van der Waals surface area contributed by atoms with Crippen LogP contribution in [0.1, 0.15) is 26.7 Å². The highest BCUT2D eigenvalue weighted by atomic mass is 16.2. The molecule has 0 saturated carbocycles. The van der Waals surface area contributed by atoms with Gasteiger partial charge in [-0.3, -0.25) is 0 Å². The highest BCUT2D eigenvalue weighted by Gasteiger charge is 2.26. The zero-order valence-electron chi connectivity index (χ0n) is 7.81. The second-order valence-corrected chi connectivity index (χ2v) is 2.69. The molecule has 0 aliphatic heterocycles. The number of aldehydes is 1. The molecule has 2 amide bonds. The normalized spacial score (nSPS) is 10.6. The first kappa shape index (κ1) is 10.9. The number of carbonyl (C=O) groups is 2. The van der Waals surface area contributed by atoms with Gasteiger partial charge >= 0.3 is 6.03 Å². The number of hydrogen-bond acceptors (Lipinski definition) is 2. The van der Waals surface area contributed by atoms with Crippen molar-refractivity contribution in [2.45, 2.75) is 32.2 Å². The minimum absolute atomic E-state index is 0.314. The topological polar surface area (TPSA) is 58.2 Å². The molecule has 4 heteroatoms. The average Bonchev–Trinajstić information content (AvgIpc) is 2.14. The molecule has 0 aliphatic rings. The predicted molar refractivity (Wildman–Crippen MR) is 47.0 cm³/mol. The van der Waals surface area contributed by atoms with Gasteiger partial charge < -0.3 is 15.4 Å². The molecule has 12 heavy (non-hydrogen) atoms. The van der Waals surface area contributed by atoms with Crippen LogP contribution in [0.5, 0.6) is 0 Å². The summed E-state index contributed by atoms with van der Waals surface area (Å²) in [7, 11) is 1.52. The van der Waals surface area contributed by atoms with Crippen molar-refractivity contribution in [1.82, 2.24) is 10.6 Å². The van der Waals surface area contributed by atoms with Gasteiger partial charge in [-0.15, -0.1) is 0 Å². The molecule has 2 N–H and O–H groups in total. The summed E-state index contributed by atoms with van der Waals surface area (Å²) in [5.41, 5.74) is -0.694. The summed E-state index contributed by atoms with van der Waals surface area (Å²) in [6.07, 6.45) is 2.02. The van der Waals surface area contributed by atoms with Crippen LogP contribution < -0.4 is 10.6 Å². The van der Waals surface area contributed by atoms with E-state index in [-0.39, 0.29) is 6.03 Å². The molecule has 4 nitrogen and oxygen atoms in total. The van der Waals surface area contributed by atoms with E-state index in [1.807, 2.05) is 13.8 Å². The Morgan fingerprint density at radius 3 is 2.17 bits per heavy atom. The van der Waals surface area contributed by atoms with Crippen LogP contribution in [0.2, 0.25) is 0 Å². The minimum Gasteiger partial charge on any atom is -0.341 e. The molecule has 0 atom stereocenters.